The van der Waals surface area contributed by atoms with Crippen molar-refractivity contribution in [2.24, 2.45) is 0 Å². The molecule has 0 unspecified atom stereocenters. The molecule has 0 amide bonds. The summed E-state index contributed by atoms with van der Waals surface area (Å²) >= 11 is 0. The molecule has 0 saturated carbocycles. The van der Waals surface area contributed by atoms with Gasteiger partial charge >= 0.3 is 0 Å². The van der Waals surface area contributed by atoms with Crippen molar-refractivity contribution in [2.75, 3.05) is 26.2 Å². The molecular formula is C12H21N3. The quantitative estimate of drug-likeness (QED) is 0.687. The van der Waals surface area contributed by atoms with Gasteiger partial charge in [0.25, 0.3) is 0 Å². The minimum atomic E-state index is 0.863. The molecule has 0 fully saturated rings. The van der Waals surface area contributed by atoms with Crippen LogP contribution in [0.2, 0.25) is 0 Å². The van der Waals surface area contributed by atoms with Crippen molar-refractivity contribution in [3.05, 3.63) is 30.1 Å². The molecule has 1 N–H and O–H groups in total. The largest absolute Gasteiger partial charge is 0.310 e. The summed E-state index contributed by atoms with van der Waals surface area (Å²) in [6.07, 6.45) is 1.83. The molecule has 1 rings (SSSR count). The van der Waals surface area contributed by atoms with E-state index in [1.54, 1.807) is 0 Å². The third-order valence-corrected chi connectivity index (χ3v) is 2.53. The van der Waals surface area contributed by atoms with Gasteiger partial charge in [0.1, 0.15) is 0 Å². The van der Waals surface area contributed by atoms with Crippen LogP contribution in [0.1, 0.15) is 19.5 Å². The molecule has 0 aliphatic heterocycles. The normalized spacial score (nSPS) is 10.9. The minimum absolute atomic E-state index is 0.863. The highest BCUT2D eigenvalue weighted by Gasteiger charge is 1.97. The molecule has 0 aliphatic rings. The molecule has 15 heavy (non-hydrogen) atoms. The number of hydrogen-bond acceptors (Lipinski definition) is 3. The van der Waals surface area contributed by atoms with Crippen LogP contribution in [-0.4, -0.2) is 36.1 Å². The Kier molecular flexibility index (Phi) is 5.97. The highest BCUT2D eigenvalue weighted by atomic mass is 15.1. The Bertz CT molecular complexity index is 244. The standard InChI is InChI=1S/C12H21N3/c1-3-15(4-2)10-9-13-11-12-7-5-6-8-14-12/h5-8,13H,3-4,9-11H2,1-2H3. The van der Waals surface area contributed by atoms with E-state index < -0.39 is 0 Å². The number of likely N-dealkylation sites (N-methyl/N-ethyl adjacent to an activating group) is 1. The Labute approximate surface area is 92.5 Å². The van der Waals surface area contributed by atoms with Crippen LogP contribution in [0.3, 0.4) is 0 Å². The fourth-order valence-corrected chi connectivity index (χ4v) is 1.50. The minimum Gasteiger partial charge on any atom is -0.310 e. The zero-order valence-corrected chi connectivity index (χ0v) is 9.74. The summed E-state index contributed by atoms with van der Waals surface area (Å²) in [5.41, 5.74) is 1.11. The van der Waals surface area contributed by atoms with E-state index in [9.17, 15) is 0 Å². The fraction of sp³-hybridized carbons (Fsp3) is 0.583. The van der Waals surface area contributed by atoms with Crippen LogP contribution >= 0.6 is 0 Å². The molecule has 0 saturated heterocycles. The lowest BCUT2D eigenvalue weighted by atomic mass is 10.3. The van der Waals surface area contributed by atoms with Crippen LogP contribution in [0, 0.1) is 0 Å². The Morgan fingerprint density at radius 1 is 1.27 bits per heavy atom. The fourth-order valence-electron chi connectivity index (χ4n) is 1.50. The Balaban J connectivity index is 2.12. The number of nitrogens with zero attached hydrogens (tertiary/aromatic N) is 2. The second-order valence-electron chi connectivity index (χ2n) is 3.52. The third-order valence-electron chi connectivity index (χ3n) is 2.53. The summed E-state index contributed by atoms with van der Waals surface area (Å²) in [5.74, 6) is 0. The van der Waals surface area contributed by atoms with Crippen molar-refractivity contribution in [1.82, 2.24) is 15.2 Å². The SMILES string of the molecule is CCN(CC)CCNCc1ccccn1. The van der Waals surface area contributed by atoms with Crippen LogP contribution in [0.4, 0.5) is 0 Å². The van der Waals surface area contributed by atoms with Crippen LogP contribution in [0.5, 0.6) is 0 Å². The lowest BCUT2D eigenvalue weighted by Crippen LogP contribution is -2.31. The van der Waals surface area contributed by atoms with Gasteiger partial charge in [0, 0.05) is 25.8 Å². The van der Waals surface area contributed by atoms with Gasteiger partial charge in [0.2, 0.25) is 0 Å². The first-order valence-corrected chi connectivity index (χ1v) is 5.69. The average molecular weight is 207 g/mol. The molecule has 3 heteroatoms. The summed E-state index contributed by atoms with van der Waals surface area (Å²) in [4.78, 5) is 6.67. The van der Waals surface area contributed by atoms with E-state index >= 15 is 0 Å². The van der Waals surface area contributed by atoms with Crippen molar-refractivity contribution in [1.29, 1.82) is 0 Å². The second kappa shape index (κ2) is 7.37. The lowest BCUT2D eigenvalue weighted by molar-refractivity contribution is 0.302. The lowest BCUT2D eigenvalue weighted by Gasteiger charge is -2.17. The maximum atomic E-state index is 4.26. The van der Waals surface area contributed by atoms with E-state index in [1.807, 2.05) is 24.4 Å². The van der Waals surface area contributed by atoms with Gasteiger partial charge in [-0.3, -0.25) is 4.98 Å². The van der Waals surface area contributed by atoms with Gasteiger partial charge in [0.15, 0.2) is 0 Å². The molecule has 0 spiro atoms. The first-order chi connectivity index (χ1) is 7.36. The van der Waals surface area contributed by atoms with E-state index in [-0.39, 0.29) is 0 Å². The Morgan fingerprint density at radius 3 is 2.67 bits per heavy atom. The van der Waals surface area contributed by atoms with Crippen molar-refractivity contribution < 1.29 is 0 Å². The number of hydrogen-bond donors (Lipinski definition) is 1. The predicted molar refractivity (Wildman–Crippen MR) is 63.7 cm³/mol. The monoisotopic (exact) mass is 207 g/mol. The first kappa shape index (κ1) is 12.1. The highest BCUT2D eigenvalue weighted by Crippen LogP contribution is 1.91. The predicted octanol–water partition coefficient (Wildman–Crippen LogP) is 1.51. The molecule has 0 bridgehead atoms. The number of pyridine rings is 1. The number of rotatable bonds is 7. The van der Waals surface area contributed by atoms with Crippen LogP contribution in [-0.2, 0) is 6.54 Å². The number of nitrogens with one attached hydrogen (secondary N) is 1. The van der Waals surface area contributed by atoms with Crippen molar-refractivity contribution in [2.45, 2.75) is 20.4 Å². The summed E-state index contributed by atoms with van der Waals surface area (Å²) in [7, 11) is 0. The third kappa shape index (κ3) is 4.91. The van der Waals surface area contributed by atoms with E-state index in [0.717, 1.165) is 38.4 Å². The molecule has 1 aromatic rings. The van der Waals surface area contributed by atoms with E-state index in [1.165, 1.54) is 0 Å². The van der Waals surface area contributed by atoms with Crippen molar-refractivity contribution in [3.8, 4) is 0 Å². The van der Waals surface area contributed by atoms with Gasteiger partial charge in [-0.2, -0.15) is 0 Å². The first-order valence-electron chi connectivity index (χ1n) is 5.69. The Morgan fingerprint density at radius 2 is 2.07 bits per heavy atom. The smallest absolute Gasteiger partial charge is 0.0541 e. The molecule has 3 nitrogen and oxygen atoms in total. The molecule has 0 radical (unpaired) electrons. The summed E-state index contributed by atoms with van der Waals surface area (Å²) < 4.78 is 0. The Hall–Kier alpha value is -0.930. The second-order valence-corrected chi connectivity index (χ2v) is 3.52. The molecular weight excluding hydrogens is 186 g/mol. The van der Waals surface area contributed by atoms with Gasteiger partial charge in [0.05, 0.1) is 5.69 Å². The van der Waals surface area contributed by atoms with Crippen LogP contribution < -0.4 is 5.32 Å². The van der Waals surface area contributed by atoms with Gasteiger partial charge < -0.3 is 10.2 Å². The van der Waals surface area contributed by atoms with E-state index in [4.69, 9.17) is 0 Å². The number of aromatic nitrogens is 1. The molecule has 0 atom stereocenters. The molecule has 0 aromatic carbocycles. The maximum absolute atomic E-state index is 4.26. The molecule has 84 valence electrons. The highest BCUT2D eigenvalue weighted by molar-refractivity contribution is 5.02. The topological polar surface area (TPSA) is 28.2 Å². The summed E-state index contributed by atoms with van der Waals surface area (Å²) in [5, 5.41) is 3.40. The van der Waals surface area contributed by atoms with Crippen molar-refractivity contribution in [3.63, 3.8) is 0 Å². The van der Waals surface area contributed by atoms with E-state index in [2.05, 4.69) is 29.0 Å². The maximum Gasteiger partial charge on any atom is 0.0541 e. The summed E-state index contributed by atoms with van der Waals surface area (Å²) in [6, 6.07) is 6.01. The van der Waals surface area contributed by atoms with Crippen LogP contribution in [0.25, 0.3) is 0 Å². The molecule has 1 heterocycles. The van der Waals surface area contributed by atoms with Crippen molar-refractivity contribution >= 4 is 0 Å². The zero-order chi connectivity index (χ0) is 10.9. The van der Waals surface area contributed by atoms with Crippen LogP contribution in [0.15, 0.2) is 24.4 Å². The van der Waals surface area contributed by atoms with Gasteiger partial charge in [-0.05, 0) is 25.2 Å². The van der Waals surface area contributed by atoms with E-state index in [0.29, 0.717) is 0 Å². The van der Waals surface area contributed by atoms with Gasteiger partial charge in [-0.1, -0.05) is 19.9 Å². The van der Waals surface area contributed by atoms with Gasteiger partial charge in [-0.15, -0.1) is 0 Å². The zero-order valence-electron chi connectivity index (χ0n) is 9.74. The summed E-state index contributed by atoms with van der Waals surface area (Å²) in [6.45, 7) is 9.65. The van der Waals surface area contributed by atoms with Gasteiger partial charge in [-0.25, -0.2) is 0 Å². The average Bonchev–Trinajstić information content (AvgIpc) is 2.31. The molecule has 0 aliphatic carbocycles. The molecule has 1 aromatic heterocycles.